The van der Waals surface area contributed by atoms with Crippen molar-refractivity contribution < 1.29 is 9.59 Å². The summed E-state index contributed by atoms with van der Waals surface area (Å²) >= 11 is 0. The summed E-state index contributed by atoms with van der Waals surface area (Å²) in [5.41, 5.74) is 7.02. The highest BCUT2D eigenvalue weighted by Gasteiger charge is 2.28. The minimum Gasteiger partial charge on any atom is -0.366 e. The number of nitrogens with zero attached hydrogens (tertiary/aromatic N) is 3. The van der Waals surface area contributed by atoms with Crippen molar-refractivity contribution in [2.75, 3.05) is 13.1 Å². The quantitative estimate of drug-likeness (QED) is 0.811. The predicted octanol–water partition coefficient (Wildman–Crippen LogP) is 1.73. The fourth-order valence-corrected chi connectivity index (χ4v) is 3.40. The fourth-order valence-electron chi connectivity index (χ4n) is 3.40. The summed E-state index contributed by atoms with van der Waals surface area (Å²) in [5, 5.41) is 3.39. The van der Waals surface area contributed by atoms with E-state index in [1.807, 2.05) is 23.1 Å². The lowest BCUT2D eigenvalue weighted by Gasteiger charge is -2.31. The molecule has 1 unspecified atom stereocenters. The fraction of sp³-hybridized carbons (Fsp3) is 0.421. The first kappa shape index (κ1) is 20.9. The summed E-state index contributed by atoms with van der Waals surface area (Å²) in [6, 6.07) is 7.42. The molecule has 0 spiro atoms. The molecule has 2 amide bonds. The van der Waals surface area contributed by atoms with Crippen LogP contribution in [0.1, 0.15) is 45.8 Å². The Morgan fingerprint density at radius 2 is 2.15 bits per heavy atom. The van der Waals surface area contributed by atoms with Crippen molar-refractivity contribution in [2.24, 2.45) is 12.8 Å². The van der Waals surface area contributed by atoms with Gasteiger partial charge >= 0.3 is 0 Å². The smallest absolute Gasteiger partial charge is 0.271 e. The maximum atomic E-state index is 13.3. The molecular formula is C19H26ClN5O2. The van der Waals surface area contributed by atoms with E-state index in [2.05, 4.69) is 10.3 Å². The number of primary amides is 1. The number of nitrogens with two attached hydrogens (primary N) is 1. The maximum Gasteiger partial charge on any atom is 0.271 e. The number of rotatable bonds is 5. The molecule has 3 rings (SSSR count). The van der Waals surface area contributed by atoms with Crippen molar-refractivity contribution in [1.82, 2.24) is 19.8 Å². The van der Waals surface area contributed by atoms with Crippen LogP contribution in [-0.4, -0.2) is 45.4 Å². The van der Waals surface area contributed by atoms with Gasteiger partial charge in [-0.05, 0) is 50.6 Å². The van der Waals surface area contributed by atoms with Gasteiger partial charge in [0.1, 0.15) is 5.69 Å². The molecule has 1 atom stereocenters. The number of hydrogen-bond donors (Lipinski definition) is 2. The zero-order chi connectivity index (χ0) is 18.5. The Morgan fingerprint density at radius 3 is 2.81 bits per heavy atom. The van der Waals surface area contributed by atoms with Gasteiger partial charge in [0.05, 0.1) is 17.8 Å². The largest absolute Gasteiger partial charge is 0.366 e. The van der Waals surface area contributed by atoms with Gasteiger partial charge in [-0.25, -0.2) is 0 Å². The number of carbonyl (C=O) groups is 2. The Hall–Kier alpha value is -2.38. The lowest BCUT2D eigenvalue weighted by atomic mass is 10.1. The molecule has 8 heteroatoms. The van der Waals surface area contributed by atoms with E-state index >= 15 is 0 Å². The molecule has 2 aromatic heterocycles. The predicted molar refractivity (Wildman–Crippen MR) is 106 cm³/mol. The van der Waals surface area contributed by atoms with Crippen LogP contribution in [0.5, 0.6) is 0 Å². The first-order chi connectivity index (χ1) is 12.6. The van der Waals surface area contributed by atoms with Crippen LogP contribution in [-0.2, 0) is 13.6 Å². The summed E-state index contributed by atoms with van der Waals surface area (Å²) in [6.45, 7) is 2.30. The number of amides is 2. The van der Waals surface area contributed by atoms with Crippen molar-refractivity contribution >= 4 is 24.2 Å². The molecule has 1 saturated heterocycles. The Balaban J connectivity index is 0.00000261. The molecule has 1 fully saturated rings. The molecule has 7 nitrogen and oxygen atoms in total. The minimum absolute atomic E-state index is 0. The Bertz CT molecular complexity index is 770. The minimum atomic E-state index is -0.533. The molecule has 3 N–H and O–H groups in total. The van der Waals surface area contributed by atoms with Crippen LogP contribution in [0.3, 0.4) is 0 Å². The SMILES string of the molecule is Cl.Cn1cc(C(N)=O)cc1C(=O)N(Cc1ccccn1)C1CCCNCC1. The van der Waals surface area contributed by atoms with Crippen molar-refractivity contribution in [3.63, 3.8) is 0 Å². The third-order valence-electron chi connectivity index (χ3n) is 4.81. The van der Waals surface area contributed by atoms with Gasteiger partial charge in [0.15, 0.2) is 0 Å². The molecule has 0 aliphatic carbocycles. The van der Waals surface area contributed by atoms with E-state index < -0.39 is 5.91 Å². The van der Waals surface area contributed by atoms with E-state index in [0.29, 0.717) is 17.8 Å². The molecule has 0 radical (unpaired) electrons. The molecule has 0 saturated carbocycles. The van der Waals surface area contributed by atoms with Crippen molar-refractivity contribution in [3.05, 3.63) is 53.6 Å². The van der Waals surface area contributed by atoms with Gasteiger partial charge in [-0.3, -0.25) is 14.6 Å². The number of aryl methyl sites for hydroxylation is 1. The summed E-state index contributed by atoms with van der Waals surface area (Å²) in [6.07, 6.45) is 6.20. The monoisotopic (exact) mass is 391 g/mol. The molecule has 0 bridgehead atoms. The average Bonchev–Trinajstić information content (AvgIpc) is 2.85. The topological polar surface area (TPSA) is 93.2 Å². The zero-order valence-electron chi connectivity index (χ0n) is 15.4. The van der Waals surface area contributed by atoms with Gasteiger partial charge < -0.3 is 20.5 Å². The van der Waals surface area contributed by atoms with E-state index in [0.717, 1.165) is 38.0 Å². The van der Waals surface area contributed by atoms with Crippen LogP contribution in [0.4, 0.5) is 0 Å². The van der Waals surface area contributed by atoms with Crippen LogP contribution < -0.4 is 11.1 Å². The second-order valence-electron chi connectivity index (χ2n) is 6.68. The van der Waals surface area contributed by atoms with Crippen molar-refractivity contribution in [2.45, 2.75) is 31.8 Å². The first-order valence-electron chi connectivity index (χ1n) is 8.94. The number of carbonyl (C=O) groups excluding carboxylic acids is 2. The Labute approximate surface area is 165 Å². The molecule has 146 valence electrons. The lowest BCUT2D eigenvalue weighted by molar-refractivity contribution is 0.0632. The van der Waals surface area contributed by atoms with Gasteiger partial charge in [0.25, 0.3) is 5.91 Å². The zero-order valence-corrected chi connectivity index (χ0v) is 16.2. The van der Waals surface area contributed by atoms with Crippen molar-refractivity contribution in [3.8, 4) is 0 Å². The van der Waals surface area contributed by atoms with E-state index in [9.17, 15) is 9.59 Å². The number of aromatic nitrogens is 2. The van der Waals surface area contributed by atoms with Gasteiger partial charge in [-0.1, -0.05) is 6.07 Å². The molecule has 3 heterocycles. The summed E-state index contributed by atoms with van der Waals surface area (Å²) in [7, 11) is 1.76. The molecule has 2 aromatic rings. The van der Waals surface area contributed by atoms with E-state index in [1.165, 1.54) is 0 Å². The molecular weight excluding hydrogens is 366 g/mol. The normalized spacial score (nSPS) is 16.9. The van der Waals surface area contributed by atoms with Gasteiger partial charge in [0, 0.05) is 25.5 Å². The molecule has 1 aliphatic rings. The summed E-state index contributed by atoms with van der Waals surface area (Å²) in [4.78, 5) is 31.0. The number of nitrogens with one attached hydrogen (secondary N) is 1. The molecule has 0 aromatic carbocycles. The van der Waals surface area contributed by atoms with Crippen LogP contribution in [0, 0.1) is 0 Å². The number of hydrogen-bond acceptors (Lipinski definition) is 4. The number of halogens is 1. The highest BCUT2D eigenvalue weighted by Crippen LogP contribution is 2.20. The Morgan fingerprint density at radius 1 is 1.33 bits per heavy atom. The second-order valence-corrected chi connectivity index (χ2v) is 6.68. The molecule has 27 heavy (non-hydrogen) atoms. The highest BCUT2D eigenvalue weighted by molar-refractivity contribution is 5.98. The second kappa shape index (κ2) is 9.53. The van der Waals surface area contributed by atoms with E-state index in [-0.39, 0.29) is 24.4 Å². The maximum absolute atomic E-state index is 13.3. The summed E-state index contributed by atoms with van der Waals surface area (Å²) in [5.74, 6) is -0.632. The van der Waals surface area contributed by atoms with E-state index in [1.54, 1.807) is 30.1 Å². The van der Waals surface area contributed by atoms with Crippen molar-refractivity contribution in [1.29, 1.82) is 0 Å². The average molecular weight is 392 g/mol. The van der Waals surface area contributed by atoms with Crippen LogP contribution >= 0.6 is 12.4 Å². The summed E-state index contributed by atoms with van der Waals surface area (Å²) < 4.78 is 1.67. The first-order valence-corrected chi connectivity index (χ1v) is 8.94. The van der Waals surface area contributed by atoms with Crippen LogP contribution in [0.2, 0.25) is 0 Å². The lowest BCUT2D eigenvalue weighted by Crippen LogP contribution is -2.41. The highest BCUT2D eigenvalue weighted by atomic mass is 35.5. The third-order valence-corrected chi connectivity index (χ3v) is 4.81. The van der Waals surface area contributed by atoms with Crippen LogP contribution in [0.25, 0.3) is 0 Å². The Kier molecular flexibility index (Phi) is 7.38. The van der Waals surface area contributed by atoms with Gasteiger partial charge in [-0.2, -0.15) is 0 Å². The van der Waals surface area contributed by atoms with E-state index in [4.69, 9.17) is 5.73 Å². The number of pyridine rings is 1. The standard InChI is InChI=1S/C19H25N5O2.ClH/c1-23-12-14(18(20)25)11-17(23)19(26)24(13-15-5-2-3-9-22-15)16-6-4-8-21-10-7-16;/h2-3,5,9,11-12,16,21H,4,6-8,10,13H2,1H3,(H2,20,25);1H. The van der Waals surface area contributed by atoms with Gasteiger partial charge in [-0.15, -0.1) is 12.4 Å². The third kappa shape index (κ3) is 5.08. The van der Waals surface area contributed by atoms with Crippen LogP contribution in [0.15, 0.2) is 36.7 Å². The van der Waals surface area contributed by atoms with Gasteiger partial charge in [0.2, 0.25) is 5.91 Å². The molecule has 1 aliphatic heterocycles.